The van der Waals surface area contributed by atoms with E-state index in [1.807, 2.05) is 24.4 Å². The number of aromatic nitrogens is 2. The molecule has 0 aliphatic carbocycles. The van der Waals surface area contributed by atoms with Gasteiger partial charge in [-0.05, 0) is 78.7 Å². The number of ether oxygens (including phenoxy) is 1. The van der Waals surface area contributed by atoms with Gasteiger partial charge in [0.25, 0.3) is 5.91 Å². The Morgan fingerprint density at radius 3 is 2.83 bits per heavy atom. The lowest BCUT2D eigenvalue weighted by molar-refractivity contribution is 0.0539. The lowest BCUT2D eigenvalue weighted by atomic mass is 9.76. The van der Waals surface area contributed by atoms with Gasteiger partial charge in [-0.15, -0.1) is 0 Å². The highest BCUT2D eigenvalue weighted by molar-refractivity contribution is 5.98. The minimum absolute atomic E-state index is 0.00945. The van der Waals surface area contributed by atoms with Crippen molar-refractivity contribution in [3.05, 3.63) is 89.9 Å². The van der Waals surface area contributed by atoms with Crippen LogP contribution in [0.2, 0.25) is 0 Å². The third-order valence-corrected chi connectivity index (χ3v) is 7.97. The maximum Gasteiger partial charge on any atom is 0.252 e. The van der Waals surface area contributed by atoms with Crippen LogP contribution in [-0.2, 0) is 13.1 Å². The fourth-order valence-electron chi connectivity index (χ4n) is 5.85. The average Bonchev–Trinajstić information content (AvgIpc) is 3.64. The number of aromatic amines is 1. The van der Waals surface area contributed by atoms with Crippen LogP contribution in [0.3, 0.4) is 0 Å². The molecule has 4 heterocycles. The van der Waals surface area contributed by atoms with Gasteiger partial charge in [0.15, 0.2) is 0 Å². The van der Waals surface area contributed by atoms with E-state index in [0.717, 1.165) is 42.9 Å². The number of nitrogens with one attached hydrogen (secondary N) is 2. The Labute approximate surface area is 205 Å². The van der Waals surface area contributed by atoms with Crippen LogP contribution in [0, 0.1) is 5.92 Å². The molecule has 6 nitrogen and oxygen atoms in total. The highest BCUT2D eigenvalue weighted by atomic mass is 16.5. The van der Waals surface area contributed by atoms with Crippen molar-refractivity contribution in [2.45, 2.75) is 38.4 Å². The lowest BCUT2D eigenvalue weighted by Gasteiger charge is -2.44. The van der Waals surface area contributed by atoms with E-state index in [1.54, 1.807) is 0 Å². The third kappa shape index (κ3) is 4.34. The molecule has 35 heavy (non-hydrogen) atoms. The van der Waals surface area contributed by atoms with Gasteiger partial charge in [0.2, 0.25) is 0 Å². The first-order valence-electron chi connectivity index (χ1n) is 12.6. The van der Waals surface area contributed by atoms with E-state index in [2.05, 4.69) is 75.5 Å². The van der Waals surface area contributed by atoms with Gasteiger partial charge in [-0.25, -0.2) is 0 Å². The summed E-state index contributed by atoms with van der Waals surface area (Å²) in [5.41, 5.74) is 4.34. The summed E-state index contributed by atoms with van der Waals surface area (Å²) in [5, 5.41) is 4.14. The molecule has 6 heteroatoms. The van der Waals surface area contributed by atoms with E-state index in [9.17, 15) is 4.79 Å². The number of carbonyl (C=O) groups is 1. The number of likely N-dealkylation sites (tertiary alicyclic amines) is 1. The average molecular weight is 469 g/mol. The number of hydrogen-bond acceptors (Lipinski definition) is 3. The van der Waals surface area contributed by atoms with Gasteiger partial charge in [0.05, 0.1) is 6.61 Å². The van der Waals surface area contributed by atoms with Gasteiger partial charge in [-0.3, -0.25) is 9.69 Å². The Balaban J connectivity index is 1.23. The predicted molar refractivity (Wildman–Crippen MR) is 138 cm³/mol. The van der Waals surface area contributed by atoms with Gasteiger partial charge in [-0.2, -0.15) is 0 Å². The van der Waals surface area contributed by atoms with Crippen molar-refractivity contribution in [2.24, 2.45) is 5.92 Å². The van der Waals surface area contributed by atoms with Crippen LogP contribution in [0.1, 0.15) is 40.7 Å². The summed E-state index contributed by atoms with van der Waals surface area (Å²) in [6, 6.07) is 19.4. The van der Waals surface area contributed by atoms with E-state index in [0.29, 0.717) is 31.0 Å². The molecular formula is C29H32N4O2. The summed E-state index contributed by atoms with van der Waals surface area (Å²) in [6.07, 6.45) is 7.37. The molecule has 3 atom stereocenters. The Hall–Kier alpha value is -3.51. The smallest absolute Gasteiger partial charge is 0.252 e. The molecule has 2 aliphatic heterocycles. The zero-order valence-electron chi connectivity index (χ0n) is 20.1. The molecule has 2 aromatic carbocycles. The summed E-state index contributed by atoms with van der Waals surface area (Å²) >= 11 is 0. The normalized spacial score (nSPS) is 22.3. The number of hydrogen-bond donors (Lipinski definition) is 2. The molecule has 2 aliphatic rings. The first-order chi connectivity index (χ1) is 17.2. The number of amides is 1. The number of H-pyrrole nitrogens is 1. The maximum atomic E-state index is 12.1. The number of nitrogens with zero attached hydrogens (tertiary/aromatic N) is 2. The van der Waals surface area contributed by atoms with Crippen molar-refractivity contribution < 1.29 is 9.53 Å². The summed E-state index contributed by atoms with van der Waals surface area (Å²) < 4.78 is 8.64. The van der Waals surface area contributed by atoms with Gasteiger partial charge in [0.1, 0.15) is 5.75 Å². The molecule has 0 bridgehead atoms. The largest absolute Gasteiger partial charge is 0.493 e. The molecule has 1 saturated heterocycles. The predicted octanol–water partition coefficient (Wildman–Crippen LogP) is 4.79. The number of carbonyl (C=O) groups excluding carboxylic acids is 1. The van der Waals surface area contributed by atoms with Gasteiger partial charge in [0, 0.05) is 61.3 Å². The maximum absolute atomic E-state index is 12.1. The van der Waals surface area contributed by atoms with Crippen LogP contribution >= 0.6 is 0 Å². The first kappa shape index (κ1) is 22.0. The number of fused-ring (bicyclic) bond motifs is 2. The Morgan fingerprint density at radius 2 is 1.94 bits per heavy atom. The van der Waals surface area contributed by atoms with Crippen molar-refractivity contribution in [2.75, 3.05) is 19.7 Å². The van der Waals surface area contributed by atoms with E-state index in [4.69, 9.17) is 4.74 Å². The standard InChI is InChI=1S/C29H32N4O2/c1-20-27(19-35-24-7-6-23-18-31-29(34)26(23)17-24)25(22-5-4-21-8-10-30-28(21)16-22)9-13-33(20)15-14-32-11-2-3-12-32/h2-8,10-12,16-17,20,25,27,30H,9,13-15,18-19H2,1H3,(H,31,34)/t20-,25+,27-/m1/s1. The van der Waals surface area contributed by atoms with Crippen LogP contribution < -0.4 is 10.1 Å². The minimum atomic E-state index is -0.00945. The molecule has 1 fully saturated rings. The second kappa shape index (κ2) is 9.27. The van der Waals surface area contributed by atoms with Crippen molar-refractivity contribution >= 4 is 16.8 Å². The molecule has 6 rings (SSSR count). The number of rotatable bonds is 7. The van der Waals surface area contributed by atoms with Gasteiger partial charge in [-0.1, -0.05) is 18.2 Å². The number of benzene rings is 2. The molecule has 0 saturated carbocycles. The summed E-state index contributed by atoms with van der Waals surface area (Å²) in [7, 11) is 0. The lowest BCUT2D eigenvalue weighted by Crippen LogP contribution is -2.49. The molecule has 1 amide bonds. The molecule has 2 aromatic heterocycles. The summed E-state index contributed by atoms with van der Waals surface area (Å²) in [6.45, 7) is 6.66. The molecule has 0 radical (unpaired) electrons. The molecule has 4 aromatic rings. The second-order valence-corrected chi connectivity index (χ2v) is 9.89. The first-order valence-corrected chi connectivity index (χ1v) is 12.6. The zero-order chi connectivity index (χ0) is 23.8. The SMILES string of the molecule is C[C@@H]1[C@@H](COc2ccc3c(c2)C(=O)NC3)[C@H](c2ccc3cc[nH]c3c2)CCN1CCn1cccc1. The van der Waals surface area contributed by atoms with Crippen molar-refractivity contribution in [1.82, 2.24) is 19.8 Å². The minimum Gasteiger partial charge on any atom is -0.493 e. The van der Waals surface area contributed by atoms with Crippen LogP contribution in [0.5, 0.6) is 5.75 Å². The van der Waals surface area contributed by atoms with Crippen molar-refractivity contribution in [3.8, 4) is 5.75 Å². The second-order valence-electron chi connectivity index (χ2n) is 9.89. The monoisotopic (exact) mass is 468 g/mol. The van der Waals surface area contributed by atoms with E-state index in [-0.39, 0.29) is 5.91 Å². The van der Waals surface area contributed by atoms with Crippen molar-refractivity contribution in [3.63, 3.8) is 0 Å². The Bertz CT molecular complexity index is 1330. The number of piperidine rings is 1. The zero-order valence-corrected chi connectivity index (χ0v) is 20.1. The topological polar surface area (TPSA) is 62.3 Å². The third-order valence-electron chi connectivity index (χ3n) is 7.97. The quantitative estimate of drug-likeness (QED) is 0.410. The molecule has 2 N–H and O–H groups in total. The molecule has 0 spiro atoms. The van der Waals surface area contributed by atoms with E-state index in [1.165, 1.54) is 16.5 Å². The van der Waals surface area contributed by atoms with Crippen LogP contribution in [0.4, 0.5) is 0 Å². The van der Waals surface area contributed by atoms with Crippen LogP contribution in [-0.4, -0.2) is 46.1 Å². The highest BCUT2D eigenvalue weighted by Crippen LogP contribution is 2.38. The van der Waals surface area contributed by atoms with Gasteiger partial charge < -0.3 is 19.6 Å². The van der Waals surface area contributed by atoms with Crippen LogP contribution in [0.15, 0.2) is 73.2 Å². The fraction of sp³-hybridized carbons (Fsp3) is 0.345. The van der Waals surface area contributed by atoms with E-state index < -0.39 is 0 Å². The molecule has 0 unspecified atom stereocenters. The summed E-state index contributed by atoms with van der Waals surface area (Å²) in [4.78, 5) is 18.1. The summed E-state index contributed by atoms with van der Waals surface area (Å²) in [5.74, 6) is 1.52. The van der Waals surface area contributed by atoms with Crippen molar-refractivity contribution in [1.29, 1.82) is 0 Å². The Morgan fingerprint density at radius 1 is 1.06 bits per heavy atom. The van der Waals surface area contributed by atoms with Crippen LogP contribution in [0.25, 0.3) is 10.9 Å². The van der Waals surface area contributed by atoms with Gasteiger partial charge >= 0.3 is 0 Å². The molecule has 180 valence electrons. The van der Waals surface area contributed by atoms with E-state index >= 15 is 0 Å². The fourth-order valence-corrected chi connectivity index (χ4v) is 5.85. The highest BCUT2D eigenvalue weighted by Gasteiger charge is 2.37. The molecular weight excluding hydrogens is 436 g/mol. The Kier molecular flexibility index (Phi) is 5.82.